The zero-order valence-corrected chi connectivity index (χ0v) is 10.9. The van der Waals surface area contributed by atoms with E-state index in [1.54, 1.807) is 18.5 Å². The van der Waals surface area contributed by atoms with Gasteiger partial charge in [-0.05, 0) is 18.6 Å². The number of nitrogens with zero attached hydrogens (tertiary/aromatic N) is 3. The number of hydrogen-bond acceptors (Lipinski definition) is 5. The minimum Gasteiger partial charge on any atom is -0.481 e. The predicted molar refractivity (Wildman–Crippen MR) is 69.3 cm³/mol. The molecule has 8 heteroatoms. The van der Waals surface area contributed by atoms with E-state index in [2.05, 4.69) is 15.2 Å². The summed E-state index contributed by atoms with van der Waals surface area (Å²) in [5.41, 5.74) is 0.479. The van der Waals surface area contributed by atoms with Crippen LogP contribution >= 0.6 is 11.8 Å². The topological polar surface area (TPSA) is 101 Å². The minimum atomic E-state index is -0.957. The van der Waals surface area contributed by atoms with Crippen molar-refractivity contribution < 1.29 is 9.90 Å². The van der Waals surface area contributed by atoms with Gasteiger partial charge in [-0.2, -0.15) is 0 Å². The molecular formula is C11H12N4O3S. The van der Waals surface area contributed by atoms with Crippen molar-refractivity contribution in [1.29, 1.82) is 0 Å². The van der Waals surface area contributed by atoms with E-state index >= 15 is 0 Å². The van der Waals surface area contributed by atoms with Crippen LogP contribution < -0.4 is 5.69 Å². The van der Waals surface area contributed by atoms with E-state index in [-0.39, 0.29) is 17.5 Å². The van der Waals surface area contributed by atoms with Crippen molar-refractivity contribution in [3.63, 3.8) is 0 Å². The minimum absolute atomic E-state index is 0.149. The van der Waals surface area contributed by atoms with Crippen molar-refractivity contribution in [2.24, 2.45) is 0 Å². The van der Waals surface area contributed by atoms with Crippen molar-refractivity contribution in [2.75, 3.05) is 5.75 Å². The third kappa shape index (κ3) is 3.02. The maximum atomic E-state index is 11.8. The molecule has 2 N–H and O–H groups in total. The first kappa shape index (κ1) is 13.3. The van der Waals surface area contributed by atoms with Crippen LogP contribution in [0, 0.1) is 0 Å². The Bertz CT molecular complexity index is 622. The maximum Gasteiger partial charge on any atom is 0.344 e. The Morgan fingerprint density at radius 1 is 1.63 bits per heavy atom. The second kappa shape index (κ2) is 5.70. The first-order valence-electron chi connectivity index (χ1n) is 5.51. The molecule has 0 aliphatic rings. The van der Waals surface area contributed by atoms with Gasteiger partial charge in [-0.15, -0.1) is 5.10 Å². The van der Waals surface area contributed by atoms with Crippen molar-refractivity contribution in [3.8, 4) is 0 Å². The first-order valence-corrected chi connectivity index (χ1v) is 6.49. The van der Waals surface area contributed by atoms with E-state index in [1.807, 2.05) is 13.0 Å². The number of aromatic amines is 1. The third-order valence-corrected chi connectivity index (χ3v) is 3.49. The molecule has 19 heavy (non-hydrogen) atoms. The molecule has 0 radical (unpaired) electrons. The van der Waals surface area contributed by atoms with E-state index in [0.717, 1.165) is 17.3 Å². The number of carbonyl (C=O) groups is 1. The van der Waals surface area contributed by atoms with E-state index in [1.165, 1.54) is 4.57 Å². The Labute approximate surface area is 112 Å². The molecular weight excluding hydrogens is 268 g/mol. The Balaban J connectivity index is 2.31. The van der Waals surface area contributed by atoms with Crippen molar-refractivity contribution in [1.82, 2.24) is 19.7 Å². The molecule has 0 saturated carbocycles. The Kier molecular flexibility index (Phi) is 4.00. The summed E-state index contributed by atoms with van der Waals surface area (Å²) in [6, 6.07) is 3.36. The lowest BCUT2D eigenvalue weighted by Crippen LogP contribution is -2.22. The van der Waals surface area contributed by atoms with Crippen LogP contribution in [0.4, 0.5) is 0 Å². The molecule has 0 amide bonds. The summed E-state index contributed by atoms with van der Waals surface area (Å²) in [6.07, 6.45) is 3.31. The molecule has 7 nitrogen and oxygen atoms in total. The monoisotopic (exact) mass is 280 g/mol. The normalized spacial score (nSPS) is 12.3. The fraction of sp³-hybridized carbons (Fsp3) is 0.273. The molecule has 0 aliphatic carbocycles. The third-order valence-electron chi connectivity index (χ3n) is 2.55. The van der Waals surface area contributed by atoms with Gasteiger partial charge in [-0.3, -0.25) is 14.3 Å². The van der Waals surface area contributed by atoms with E-state index < -0.39 is 5.97 Å². The quantitative estimate of drug-likeness (QED) is 0.784. The van der Waals surface area contributed by atoms with Gasteiger partial charge in [0.2, 0.25) is 0 Å². The lowest BCUT2D eigenvalue weighted by Gasteiger charge is -2.13. The van der Waals surface area contributed by atoms with Crippen LogP contribution in [-0.2, 0) is 4.79 Å². The highest BCUT2D eigenvalue weighted by molar-refractivity contribution is 7.99. The van der Waals surface area contributed by atoms with Crippen molar-refractivity contribution in [3.05, 3.63) is 40.6 Å². The van der Waals surface area contributed by atoms with Gasteiger partial charge < -0.3 is 5.11 Å². The average Bonchev–Trinajstić information content (AvgIpc) is 2.78. The Hall–Kier alpha value is -2.09. The highest BCUT2D eigenvalue weighted by atomic mass is 32.2. The van der Waals surface area contributed by atoms with Crippen LogP contribution in [0.1, 0.15) is 18.5 Å². The highest BCUT2D eigenvalue weighted by Crippen LogP contribution is 2.21. The van der Waals surface area contributed by atoms with Gasteiger partial charge in [-0.1, -0.05) is 17.8 Å². The molecule has 2 rings (SSSR count). The molecule has 0 saturated heterocycles. The highest BCUT2D eigenvalue weighted by Gasteiger charge is 2.17. The van der Waals surface area contributed by atoms with Crippen LogP contribution in [0.2, 0.25) is 0 Å². The number of carboxylic acid groups (broad SMARTS) is 1. The predicted octanol–water partition coefficient (Wildman–Crippen LogP) is 0.752. The summed E-state index contributed by atoms with van der Waals surface area (Å²) < 4.78 is 1.42. The van der Waals surface area contributed by atoms with Crippen LogP contribution in [0.3, 0.4) is 0 Å². The molecule has 100 valence electrons. The molecule has 0 aliphatic heterocycles. The lowest BCUT2D eigenvalue weighted by molar-refractivity contribution is -0.133. The van der Waals surface area contributed by atoms with Crippen molar-refractivity contribution >= 4 is 17.7 Å². The molecule has 2 aromatic heterocycles. The number of hydrogen-bond donors (Lipinski definition) is 2. The zero-order chi connectivity index (χ0) is 13.8. The van der Waals surface area contributed by atoms with Gasteiger partial charge in [0.15, 0.2) is 5.16 Å². The number of nitrogens with one attached hydrogen (secondary N) is 1. The molecule has 0 spiro atoms. The van der Waals surface area contributed by atoms with Gasteiger partial charge in [0.05, 0.1) is 11.8 Å². The summed E-state index contributed by atoms with van der Waals surface area (Å²) in [4.78, 5) is 26.3. The number of rotatable bonds is 5. The number of carboxylic acids is 1. The molecule has 2 aromatic rings. The smallest absolute Gasteiger partial charge is 0.344 e. The second-order valence-electron chi connectivity index (χ2n) is 3.83. The first-order chi connectivity index (χ1) is 9.09. The molecule has 2 heterocycles. The summed E-state index contributed by atoms with van der Waals surface area (Å²) in [6.45, 7) is 1.83. The Morgan fingerprint density at radius 2 is 2.42 bits per heavy atom. The number of aliphatic carboxylic acids is 1. The summed E-state index contributed by atoms with van der Waals surface area (Å²) in [7, 11) is 0. The molecule has 0 fully saturated rings. The zero-order valence-electron chi connectivity index (χ0n) is 10.1. The number of aromatic nitrogens is 4. The molecule has 1 unspecified atom stereocenters. The van der Waals surface area contributed by atoms with Crippen LogP contribution in [0.25, 0.3) is 0 Å². The maximum absolute atomic E-state index is 11.8. The lowest BCUT2D eigenvalue weighted by atomic mass is 10.1. The van der Waals surface area contributed by atoms with Gasteiger partial charge in [0.1, 0.15) is 0 Å². The van der Waals surface area contributed by atoms with Gasteiger partial charge >= 0.3 is 11.7 Å². The SMILES string of the molecule is CC(c1cccnc1)n1c(SCC(=O)O)n[nH]c1=O. The molecule has 1 atom stereocenters. The fourth-order valence-electron chi connectivity index (χ4n) is 1.63. The summed E-state index contributed by atoms with van der Waals surface area (Å²) in [5, 5.41) is 15.2. The van der Waals surface area contributed by atoms with E-state index in [9.17, 15) is 9.59 Å². The van der Waals surface area contributed by atoms with Crippen LogP contribution in [-0.4, -0.2) is 36.6 Å². The number of thioether (sulfide) groups is 1. The number of pyridine rings is 1. The number of H-pyrrole nitrogens is 1. The fourth-order valence-corrected chi connectivity index (χ4v) is 2.37. The summed E-state index contributed by atoms with van der Waals surface area (Å²) >= 11 is 1.000. The van der Waals surface area contributed by atoms with Gasteiger partial charge in [0.25, 0.3) is 0 Å². The van der Waals surface area contributed by atoms with Crippen LogP contribution in [0.5, 0.6) is 0 Å². The second-order valence-corrected chi connectivity index (χ2v) is 4.77. The molecule has 0 aromatic carbocycles. The molecule has 0 bridgehead atoms. The van der Waals surface area contributed by atoms with E-state index in [0.29, 0.717) is 5.16 Å². The largest absolute Gasteiger partial charge is 0.481 e. The van der Waals surface area contributed by atoms with Crippen molar-refractivity contribution in [2.45, 2.75) is 18.1 Å². The Morgan fingerprint density at radius 3 is 3.05 bits per heavy atom. The summed E-state index contributed by atoms with van der Waals surface area (Å²) in [5.74, 6) is -1.11. The van der Waals surface area contributed by atoms with Gasteiger partial charge in [0, 0.05) is 12.4 Å². The van der Waals surface area contributed by atoms with E-state index in [4.69, 9.17) is 5.11 Å². The standard InChI is InChI=1S/C11H12N4O3S/c1-7(8-3-2-4-12-5-8)15-10(18)13-14-11(15)19-6-9(16)17/h2-5,7H,6H2,1H3,(H,13,18)(H,16,17). The average molecular weight is 280 g/mol. The van der Waals surface area contributed by atoms with Gasteiger partial charge in [-0.25, -0.2) is 9.89 Å². The van der Waals surface area contributed by atoms with Crippen LogP contribution in [0.15, 0.2) is 34.5 Å².